The number of esters is 4. The van der Waals surface area contributed by atoms with Crippen LogP contribution >= 0.6 is 0 Å². The second kappa shape index (κ2) is 12.4. The Labute approximate surface area is 274 Å². The van der Waals surface area contributed by atoms with Crippen molar-refractivity contribution < 1.29 is 48.0 Å². The molecule has 1 heterocycles. The van der Waals surface area contributed by atoms with Crippen molar-refractivity contribution in [1.29, 1.82) is 0 Å². The molecule has 0 aromatic heterocycles. The third-order valence-electron chi connectivity index (χ3n) is 11.7. The molecule has 260 valence electrons. The zero-order valence-corrected chi connectivity index (χ0v) is 29.7. The molecule has 5 aliphatic rings. The first-order valence-corrected chi connectivity index (χ1v) is 17.0. The molecule has 1 N–H and O–H groups in total. The number of ether oxygens (including phenoxy) is 4. The highest BCUT2D eigenvalue weighted by Crippen LogP contribution is 2.60. The fourth-order valence-electron chi connectivity index (χ4n) is 9.18. The van der Waals surface area contributed by atoms with Gasteiger partial charge in [0.15, 0.2) is 0 Å². The molecule has 4 aliphatic carbocycles. The van der Waals surface area contributed by atoms with Gasteiger partial charge in [-0.3, -0.25) is 19.2 Å². The van der Waals surface area contributed by atoms with Crippen molar-refractivity contribution >= 4 is 29.8 Å². The van der Waals surface area contributed by atoms with E-state index < -0.39 is 64.3 Å². The first-order chi connectivity index (χ1) is 21.0. The Morgan fingerprint density at radius 2 is 1.02 bits per heavy atom. The van der Waals surface area contributed by atoms with Crippen LogP contribution in [0.15, 0.2) is 0 Å². The molecule has 5 fully saturated rings. The molecular formula is C36H56O10. The van der Waals surface area contributed by atoms with Gasteiger partial charge in [0.1, 0.15) is 17.8 Å². The summed E-state index contributed by atoms with van der Waals surface area (Å²) in [6.07, 6.45) is 0.754. The lowest BCUT2D eigenvalue weighted by atomic mass is 9.69. The number of rotatable bonds is 5. The maximum atomic E-state index is 13.1. The van der Waals surface area contributed by atoms with Gasteiger partial charge in [-0.25, -0.2) is 4.79 Å². The summed E-state index contributed by atoms with van der Waals surface area (Å²) >= 11 is 0. The Morgan fingerprint density at radius 3 is 1.35 bits per heavy atom. The van der Waals surface area contributed by atoms with Crippen LogP contribution in [0.25, 0.3) is 0 Å². The Bertz CT molecular complexity index is 1220. The van der Waals surface area contributed by atoms with Gasteiger partial charge in [0.05, 0.1) is 23.7 Å². The molecule has 13 unspecified atom stereocenters. The molecule has 46 heavy (non-hydrogen) atoms. The van der Waals surface area contributed by atoms with E-state index in [4.69, 9.17) is 18.9 Å². The topological polar surface area (TPSA) is 142 Å². The lowest BCUT2D eigenvalue weighted by Gasteiger charge is -2.37. The summed E-state index contributed by atoms with van der Waals surface area (Å²) in [6, 6.07) is 0. The van der Waals surface area contributed by atoms with Crippen molar-refractivity contribution in [3.05, 3.63) is 0 Å². The van der Waals surface area contributed by atoms with E-state index in [9.17, 15) is 29.1 Å². The monoisotopic (exact) mass is 648 g/mol. The second-order valence-electron chi connectivity index (χ2n) is 17.5. The van der Waals surface area contributed by atoms with E-state index in [0.717, 1.165) is 12.8 Å². The van der Waals surface area contributed by atoms with Crippen molar-refractivity contribution in [2.75, 3.05) is 6.61 Å². The zero-order valence-electron chi connectivity index (χ0n) is 29.7. The number of cyclic esters (lactones) is 1. The van der Waals surface area contributed by atoms with Crippen molar-refractivity contribution in [1.82, 2.24) is 0 Å². The van der Waals surface area contributed by atoms with Crippen molar-refractivity contribution in [2.45, 2.75) is 113 Å². The van der Waals surface area contributed by atoms with Gasteiger partial charge in [-0.2, -0.15) is 0 Å². The molecule has 10 heteroatoms. The minimum Gasteiger partial charge on any atom is -0.481 e. The molecule has 5 rings (SSSR count). The number of carboxylic acid groups (broad SMARTS) is 1. The first kappa shape index (κ1) is 36.2. The predicted octanol–water partition coefficient (Wildman–Crippen LogP) is 5.54. The van der Waals surface area contributed by atoms with Crippen LogP contribution in [-0.4, -0.2) is 58.9 Å². The van der Waals surface area contributed by atoms with Crippen molar-refractivity contribution in [3.63, 3.8) is 0 Å². The average molecular weight is 649 g/mol. The lowest BCUT2D eigenvalue weighted by molar-refractivity contribution is -0.178. The maximum Gasteiger partial charge on any atom is 0.348 e. The molecule has 13 atom stereocenters. The van der Waals surface area contributed by atoms with E-state index in [1.165, 1.54) is 0 Å². The number of hydrogen-bond donors (Lipinski definition) is 1. The highest BCUT2D eigenvalue weighted by molar-refractivity contribution is 5.87. The van der Waals surface area contributed by atoms with Crippen LogP contribution in [0.2, 0.25) is 0 Å². The summed E-state index contributed by atoms with van der Waals surface area (Å²) in [4.78, 5) is 61.9. The van der Waals surface area contributed by atoms with Crippen LogP contribution in [0.4, 0.5) is 0 Å². The molecule has 0 aromatic carbocycles. The Kier molecular flexibility index (Phi) is 9.77. The molecule has 4 saturated carbocycles. The third-order valence-corrected chi connectivity index (χ3v) is 11.7. The van der Waals surface area contributed by atoms with Gasteiger partial charge < -0.3 is 24.1 Å². The predicted molar refractivity (Wildman–Crippen MR) is 168 cm³/mol. The number of fused-ring (bicyclic) bond motifs is 4. The van der Waals surface area contributed by atoms with Gasteiger partial charge in [-0.15, -0.1) is 0 Å². The number of carbonyl (C=O) groups is 5. The second-order valence-corrected chi connectivity index (χ2v) is 17.5. The summed E-state index contributed by atoms with van der Waals surface area (Å²) in [5, 5.41) is 9.45. The zero-order chi connectivity index (χ0) is 34.8. The number of carboxylic acids is 1. The summed E-state index contributed by atoms with van der Waals surface area (Å²) in [5.74, 6) is -2.63. The van der Waals surface area contributed by atoms with Crippen LogP contribution in [-0.2, 0) is 42.9 Å². The highest BCUT2D eigenvalue weighted by atomic mass is 16.6. The quantitative estimate of drug-likeness (QED) is 0.298. The van der Waals surface area contributed by atoms with Crippen LogP contribution in [0, 0.1) is 76.4 Å². The molecule has 1 aliphatic heterocycles. The number of hydrogen-bond acceptors (Lipinski definition) is 9. The van der Waals surface area contributed by atoms with Gasteiger partial charge in [0.25, 0.3) is 0 Å². The average Bonchev–Trinajstić information content (AvgIpc) is 3.68. The molecule has 0 amide bonds. The molecule has 10 nitrogen and oxygen atoms in total. The summed E-state index contributed by atoms with van der Waals surface area (Å²) in [5.41, 5.74) is -1.74. The Balaban J connectivity index is 0.000000222. The van der Waals surface area contributed by atoms with Crippen LogP contribution in [0.5, 0.6) is 0 Å². The molecule has 0 radical (unpaired) electrons. The Hall–Kier alpha value is -2.65. The Morgan fingerprint density at radius 1 is 0.674 bits per heavy atom. The van der Waals surface area contributed by atoms with E-state index >= 15 is 0 Å². The largest absolute Gasteiger partial charge is 0.481 e. The summed E-state index contributed by atoms with van der Waals surface area (Å²) < 4.78 is 21.8. The fourth-order valence-corrected chi connectivity index (χ4v) is 9.18. The molecular weight excluding hydrogens is 592 g/mol. The standard InChI is InChI=1S/C21H32O6.C15H24O4/c1-10-11(2)13-8-12(10)14(15(13)18(23)27-20(3,4)5)17(22)26-16-19(24)25-9-21(16,6)7;1-7-8(2)10-6-9(7)11(13(16)17)12(10)14(18)19-15(3,4)5/h10-16H,8-9H2,1-7H3;7-12H,6H2,1-5H3,(H,16,17). The van der Waals surface area contributed by atoms with Gasteiger partial charge in [0.2, 0.25) is 6.10 Å². The fraction of sp³-hybridized carbons (Fsp3) is 0.861. The van der Waals surface area contributed by atoms with E-state index in [1.807, 2.05) is 55.4 Å². The summed E-state index contributed by atoms with van der Waals surface area (Å²) in [7, 11) is 0. The van der Waals surface area contributed by atoms with Crippen molar-refractivity contribution in [3.8, 4) is 0 Å². The lowest BCUT2D eigenvalue weighted by Crippen LogP contribution is -2.46. The molecule has 0 aromatic rings. The smallest absolute Gasteiger partial charge is 0.348 e. The van der Waals surface area contributed by atoms with E-state index in [0.29, 0.717) is 23.7 Å². The molecule has 1 saturated heterocycles. The van der Waals surface area contributed by atoms with Gasteiger partial charge in [-0.05, 0) is 102 Å². The van der Waals surface area contributed by atoms with Crippen LogP contribution < -0.4 is 0 Å². The van der Waals surface area contributed by atoms with E-state index in [2.05, 4.69) is 27.7 Å². The van der Waals surface area contributed by atoms with Crippen molar-refractivity contribution in [2.24, 2.45) is 76.4 Å². The highest BCUT2D eigenvalue weighted by Gasteiger charge is 2.63. The normalized spacial score (nSPS) is 40.5. The minimum atomic E-state index is -0.920. The van der Waals surface area contributed by atoms with E-state index in [-0.39, 0.29) is 42.2 Å². The minimum absolute atomic E-state index is 0.0792. The van der Waals surface area contributed by atoms with Gasteiger partial charge >= 0.3 is 29.8 Å². The van der Waals surface area contributed by atoms with Gasteiger partial charge in [0, 0.05) is 5.41 Å². The summed E-state index contributed by atoms with van der Waals surface area (Å²) in [6.45, 7) is 23.4. The molecule has 4 bridgehead atoms. The SMILES string of the molecule is CC1C(C)C2CC1C(C(=O)O)C2C(=O)OC(C)(C)C.CC1C(C)C2CC1C(C(=O)OC1C(=O)OCC1(C)C)C2C(=O)OC(C)(C)C. The molecule has 0 spiro atoms. The van der Waals surface area contributed by atoms with Crippen LogP contribution in [0.1, 0.15) is 95.9 Å². The first-order valence-electron chi connectivity index (χ1n) is 17.0. The van der Waals surface area contributed by atoms with Gasteiger partial charge in [-0.1, -0.05) is 41.5 Å². The van der Waals surface area contributed by atoms with E-state index in [1.54, 1.807) is 0 Å². The number of carbonyl (C=O) groups excluding carboxylic acids is 4. The third kappa shape index (κ3) is 6.82. The van der Waals surface area contributed by atoms with Crippen LogP contribution in [0.3, 0.4) is 0 Å². The number of aliphatic carboxylic acids is 1. The maximum absolute atomic E-state index is 13.1.